The summed E-state index contributed by atoms with van der Waals surface area (Å²) >= 11 is 1.71. The molecule has 2 aliphatic heterocycles. The molecule has 27 heavy (non-hydrogen) atoms. The molecule has 3 unspecified atom stereocenters. The molecule has 2 saturated heterocycles. The maximum Gasteiger partial charge on any atom is 0.245 e. The third-order valence-electron chi connectivity index (χ3n) is 5.36. The Morgan fingerprint density at radius 3 is 2.70 bits per heavy atom. The van der Waals surface area contributed by atoms with Gasteiger partial charge in [0, 0.05) is 18.6 Å². The lowest BCUT2D eigenvalue weighted by Gasteiger charge is -2.32. The molecular formula is C20H30ClN3O2S. The predicted octanol–water partition coefficient (Wildman–Crippen LogP) is 2.24. The molecule has 1 aromatic carbocycles. The van der Waals surface area contributed by atoms with E-state index in [2.05, 4.69) is 15.5 Å². The Morgan fingerprint density at radius 2 is 1.96 bits per heavy atom. The van der Waals surface area contributed by atoms with E-state index in [1.54, 1.807) is 11.8 Å². The number of fused-ring (bicyclic) bond motifs is 2. The number of rotatable bonds is 7. The molecule has 0 spiro atoms. The average molecular weight is 412 g/mol. The van der Waals surface area contributed by atoms with Crippen LogP contribution < -0.4 is 10.6 Å². The number of nitrogens with one attached hydrogen (secondary N) is 2. The van der Waals surface area contributed by atoms with Gasteiger partial charge in [-0.2, -0.15) is 11.8 Å². The van der Waals surface area contributed by atoms with Crippen molar-refractivity contribution in [3.05, 3.63) is 35.9 Å². The first-order valence-corrected chi connectivity index (χ1v) is 10.9. The zero-order chi connectivity index (χ0) is 18.4. The van der Waals surface area contributed by atoms with Gasteiger partial charge in [-0.25, -0.2) is 0 Å². The van der Waals surface area contributed by atoms with Crippen LogP contribution in [0.4, 0.5) is 0 Å². The summed E-state index contributed by atoms with van der Waals surface area (Å²) in [7, 11) is 0. The highest BCUT2D eigenvalue weighted by atomic mass is 35.5. The molecule has 2 fully saturated rings. The van der Waals surface area contributed by atoms with E-state index >= 15 is 0 Å². The van der Waals surface area contributed by atoms with Gasteiger partial charge < -0.3 is 15.5 Å². The van der Waals surface area contributed by atoms with Crippen molar-refractivity contribution < 1.29 is 9.59 Å². The number of amides is 2. The van der Waals surface area contributed by atoms with Crippen molar-refractivity contribution in [3.8, 4) is 0 Å². The van der Waals surface area contributed by atoms with Crippen molar-refractivity contribution in [2.75, 3.05) is 25.1 Å². The maximum absolute atomic E-state index is 13.3. The third kappa shape index (κ3) is 5.87. The summed E-state index contributed by atoms with van der Waals surface area (Å²) in [5.74, 6) is 0.899. The molecule has 3 atom stereocenters. The summed E-state index contributed by atoms with van der Waals surface area (Å²) in [5.41, 5.74) is 0.972. The lowest BCUT2D eigenvalue weighted by Crippen LogP contribution is -2.53. The first-order valence-electron chi connectivity index (χ1n) is 9.54. The van der Waals surface area contributed by atoms with Crippen molar-refractivity contribution in [3.63, 3.8) is 0 Å². The van der Waals surface area contributed by atoms with Crippen LogP contribution in [0.25, 0.3) is 0 Å². The fourth-order valence-electron chi connectivity index (χ4n) is 4.04. The van der Waals surface area contributed by atoms with Crippen LogP contribution in [0, 0.1) is 0 Å². The molecule has 0 radical (unpaired) electrons. The Bertz CT molecular complexity index is 603. The molecular weight excluding hydrogens is 382 g/mol. The molecule has 7 heteroatoms. The number of benzene rings is 1. The Hall–Kier alpha value is -1.24. The van der Waals surface area contributed by atoms with Crippen LogP contribution in [0.1, 0.15) is 31.2 Å². The number of halogens is 1. The van der Waals surface area contributed by atoms with Crippen LogP contribution >= 0.6 is 24.2 Å². The number of nitrogens with zero attached hydrogens (tertiary/aromatic N) is 1. The highest BCUT2D eigenvalue weighted by Gasteiger charge is 2.40. The van der Waals surface area contributed by atoms with Gasteiger partial charge in [0.05, 0.1) is 6.42 Å². The van der Waals surface area contributed by atoms with E-state index in [0.29, 0.717) is 18.9 Å². The van der Waals surface area contributed by atoms with E-state index in [1.165, 1.54) is 0 Å². The summed E-state index contributed by atoms with van der Waals surface area (Å²) in [4.78, 5) is 27.9. The zero-order valence-electron chi connectivity index (χ0n) is 15.9. The molecule has 2 bridgehead atoms. The molecule has 2 aliphatic rings. The topological polar surface area (TPSA) is 61.4 Å². The van der Waals surface area contributed by atoms with E-state index in [1.807, 2.05) is 36.6 Å². The van der Waals surface area contributed by atoms with Gasteiger partial charge in [-0.15, -0.1) is 12.4 Å². The van der Waals surface area contributed by atoms with Crippen molar-refractivity contribution >= 4 is 36.0 Å². The average Bonchev–Trinajstić information content (AvgIpc) is 2.91. The lowest BCUT2D eigenvalue weighted by molar-refractivity contribution is -0.138. The third-order valence-corrected chi connectivity index (χ3v) is 6.00. The maximum atomic E-state index is 13.3. The minimum absolute atomic E-state index is 0. The highest BCUT2D eigenvalue weighted by Crippen LogP contribution is 2.29. The largest absolute Gasteiger partial charge is 0.344 e. The van der Waals surface area contributed by atoms with Gasteiger partial charge in [-0.3, -0.25) is 9.59 Å². The monoisotopic (exact) mass is 411 g/mol. The Morgan fingerprint density at radius 1 is 1.22 bits per heavy atom. The minimum atomic E-state index is -0.417. The summed E-state index contributed by atoms with van der Waals surface area (Å²) in [6, 6.07) is 9.87. The van der Waals surface area contributed by atoms with Crippen LogP contribution in [0.5, 0.6) is 0 Å². The van der Waals surface area contributed by atoms with Crippen LogP contribution in [0.3, 0.4) is 0 Å². The van der Waals surface area contributed by atoms with Gasteiger partial charge in [0.15, 0.2) is 0 Å². The molecule has 0 aromatic heterocycles. The van der Waals surface area contributed by atoms with E-state index in [0.717, 1.165) is 43.7 Å². The van der Waals surface area contributed by atoms with Crippen molar-refractivity contribution in [2.24, 2.45) is 0 Å². The Labute approximate surface area is 172 Å². The first kappa shape index (κ1) is 22.1. The number of thioether (sulfide) groups is 1. The zero-order valence-corrected chi connectivity index (χ0v) is 17.5. The first-order chi connectivity index (χ1) is 12.7. The minimum Gasteiger partial charge on any atom is -0.344 e. The van der Waals surface area contributed by atoms with Crippen LogP contribution in [0.2, 0.25) is 0 Å². The fraction of sp³-hybridized carbons (Fsp3) is 0.600. The second kappa shape index (κ2) is 10.9. The standard InChI is InChI=1S/C20H29N3O2S.ClH/c1-26-12-10-18(22-19(24)13-15-5-3-2-4-6-15)20(25)23-16-7-8-17(23)14-21-11-9-16;/h2-6,16-18,21H,7-14H2,1H3,(H,22,24);1H. The predicted molar refractivity (Wildman–Crippen MR) is 113 cm³/mol. The number of carbonyl (C=O) groups excluding carboxylic acids is 2. The van der Waals surface area contributed by atoms with E-state index in [9.17, 15) is 9.59 Å². The number of hydrogen-bond donors (Lipinski definition) is 2. The molecule has 2 N–H and O–H groups in total. The van der Waals surface area contributed by atoms with Gasteiger partial charge in [0.25, 0.3) is 0 Å². The van der Waals surface area contributed by atoms with Crippen molar-refractivity contribution in [1.29, 1.82) is 0 Å². The summed E-state index contributed by atoms with van der Waals surface area (Å²) in [6.45, 7) is 1.84. The van der Waals surface area contributed by atoms with Gasteiger partial charge in [0.1, 0.15) is 6.04 Å². The Kier molecular flexibility index (Phi) is 8.93. The van der Waals surface area contributed by atoms with Gasteiger partial charge in [0.2, 0.25) is 11.8 Å². The molecule has 0 saturated carbocycles. The summed E-state index contributed by atoms with van der Waals surface area (Å²) in [5, 5.41) is 6.46. The SMILES string of the molecule is CSCCC(NC(=O)Cc1ccccc1)C(=O)N1C2CCNCC1CC2.Cl. The van der Waals surface area contributed by atoms with E-state index < -0.39 is 6.04 Å². The molecule has 150 valence electrons. The van der Waals surface area contributed by atoms with Crippen LogP contribution in [-0.4, -0.2) is 59.9 Å². The molecule has 2 heterocycles. The highest BCUT2D eigenvalue weighted by molar-refractivity contribution is 7.98. The summed E-state index contributed by atoms with van der Waals surface area (Å²) in [6.07, 6.45) is 6.20. The lowest BCUT2D eigenvalue weighted by atomic mass is 10.1. The second-order valence-electron chi connectivity index (χ2n) is 7.19. The molecule has 1 aromatic rings. The van der Waals surface area contributed by atoms with Crippen LogP contribution in [-0.2, 0) is 16.0 Å². The molecule has 2 amide bonds. The molecule has 5 nitrogen and oxygen atoms in total. The van der Waals surface area contributed by atoms with E-state index in [-0.39, 0.29) is 30.3 Å². The smallest absolute Gasteiger partial charge is 0.245 e. The summed E-state index contributed by atoms with van der Waals surface area (Å²) < 4.78 is 0. The Balaban J connectivity index is 0.00000261. The van der Waals surface area contributed by atoms with Crippen LogP contribution in [0.15, 0.2) is 30.3 Å². The number of carbonyl (C=O) groups is 2. The van der Waals surface area contributed by atoms with Crippen molar-refractivity contribution in [1.82, 2.24) is 15.5 Å². The second-order valence-corrected chi connectivity index (χ2v) is 8.17. The quantitative estimate of drug-likeness (QED) is 0.722. The molecule has 0 aliphatic carbocycles. The number of hydrogen-bond acceptors (Lipinski definition) is 4. The normalized spacial score (nSPS) is 22.5. The fourth-order valence-corrected chi connectivity index (χ4v) is 4.51. The van der Waals surface area contributed by atoms with Gasteiger partial charge in [-0.05, 0) is 49.8 Å². The van der Waals surface area contributed by atoms with Gasteiger partial charge in [-0.1, -0.05) is 30.3 Å². The molecule has 3 rings (SSSR count). The van der Waals surface area contributed by atoms with E-state index in [4.69, 9.17) is 0 Å². The van der Waals surface area contributed by atoms with Gasteiger partial charge >= 0.3 is 0 Å². The van der Waals surface area contributed by atoms with Crippen molar-refractivity contribution in [2.45, 2.75) is 50.2 Å².